The Kier molecular flexibility index (Phi) is 5.12. The highest BCUT2D eigenvalue weighted by Gasteiger charge is 2.30. The number of amides is 1. The van der Waals surface area contributed by atoms with Gasteiger partial charge in [0.05, 0.1) is 28.9 Å². The average molecular weight is 308 g/mol. The molecule has 0 fully saturated rings. The maximum absolute atomic E-state index is 12.0. The minimum absolute atomic E-state index is 0.0579. The lowest BCUT2D eigenvalue weighted by atomic mass is 10.1. The van der Waals surface area contributed by atoms with Crippen molar-refractivity contribution in [2.45, 2.75) is 36.8 Å². The van der Waals surface area contributed by atoms with E-state index in [0.717, 1.165) is 11.3 Å². The highest BCUT2D eigenvalue weighted by Crippen LogP contribution is 2.40. The highest BCUT2D eigenvalue weighted by atomic mass is 32.2. The lowest BCUT2D eigenvalue weighted by Gasteiger charge is -2.24. The summed E-state index contributed by atoms with van der Waals surface area (Å²) >= 11 is 1.32. The number of nitrogens with one attached hydrogen (secondary N) is 1. The van der Waals surface area contributed by atoms with Gasteiger partial charge in [-0.1, -0.05) is 19.9 Å². The number of benzene rings is 1. The van der Waals surface area contributed by atoms with E-state index in [4.69, 9.17) is 10.5 Å². The Morgan fingerprint density at radius 3 is 2.95 bits per heavy atom. The highest BCUT2D eigenvalue weighted by molar-refractivity contribution is 8.01. The summed E-state index contributed by atoms with van der Waals surface area (Å²) in [6, 6.07) is 5.37. The summed E-state index contributed by atoms with van der Waals surface area (Å²) in [5, 5.41) is 2.29. The van der Waals surface area contributed by atoms with Gasteiger partial charge in [-0.2, -0.15) is 0 Å². The molecule has 0 bridgehead atoms. The lowest BCUT2D eigenvalue weighted by Crippen LogP contribution is -2.31. The summed E-state index contributed by atoms with van der Waals surface area (Å²) in [6.07, 6.45) is 0.883. The van der Waals surface area contributed by atoms with Crippen molar-refractivity contribution >= 4 is 35.0 Å². The molecule has 1 aromatic carbocycles. The van der Waals surface area contributed by atoms with E-state index in [1.54, 1.807) is 18.2 Å². The van der Waals surface area contributed by atoms with Crippen LogP contribution in [0.15, 0.2) is 23.1 Å². The van der Waals surface area contributed by atoms with Gasteiger partial charge < -0.3 is 15.8 Å². The van der Waals surface area contributed by atoms with Gasteiger partial charge >= 0.3 is 5.97 Å². The summed E-state index contributed by atoms with van der Waals surface area (Å²) in [7, 11) is 0. The van der Waals surface area contributed by atoms with Crippen LogP contribution in [0.25, 0.3) is 0 Å². The number of fused-ring (bicyclic) bond motifs is 1. The van der Waals surface area contributed by atoms with Crippen LogP contribution in [0.5, 0.6) is 0 Å². The Hall–Kier alpha value is -1.69. The quantitative estimate of drug-likeness (QED) is 0.645. The van der Waals surface area contributed by atoms with Gasteiger partial charge in [0.2, 0.25) is 5.91 Å². The van der Waals surface area contributed by atoms with Gasteiger partial charge in [0, 0.05) is 5.69 Å². The maximum atomic E-state index is 12.0. The first-order chi connectivity index (χ1) is 9.97. The van der Waals surface area contributed by atoms with Crippen LogP contribution in [-0.2, 0) is 14.3 Å². The topological polar surface area (TPSA) is 81.4 Å². The molecule has 1 unspecified atom stereocenters. The van der Waals surface area contributed by atoms with Gasteiger partial charge in [0.25, 0.3) is 0 Å². The van der Waals surface area contributed by atoms with Crippen LogP contribution < -0.4 is 11.1 Å². The molecule has 3 N–H and O–H groups in total. The number of thioether (sulfide) groups is 1. The number of anilines is 2. The van der Waals surface area contributed by atoms with Crippen molar-refractivity contribution in [2.75, 3.05) is 17.7 Å². The predicted octanol–water partition coefficient (Wildman–Crippen LogP) is 2.66. The first-order valence-electron chi connectivity index (χ1n) is 6.99. The monoisotopic (exact) mass is 308 g/mol. The molecule has 0 aromatic heterocycles. The van der Waals surface area contributed by atoms with E-state index >= 15 is 0 Å². The molecule has 0 saturated carbocycles. The third kappa shape index (κ3) is 4.14. The first kappa shape index (κ1) is 15.7. The molecule has 0 radical (unpaired) electrons. The number of carbonyl (C=O) groups is 2. The SMILES string of the molecule is CC(C)CCOC(=O)CC1Sc2c(N)cccc2NC1=O. The van der Waals surface area contributed by atoms with Crippen LogP contribution in [0.2, 0.25) is 0 Å². The minimum Gasteiger partial charge on any atom is -0.466 e. The number of carbonyl (C=O) groups excluding carboxylic acids is 2. The fraction of sp³-hybridized carbons (Fsp3) is 0.467. The van der Waals surface area contributed by atoms with E-state index in [1.165, 1.54) is 11.8 Å². The number of hydrogen-bond donors (Lipinski definition) is 2. The molecule has 21 heavy (non-hydrogen) atoms. The Bertz CT molecular complexity index is 546. The van der Waals surface area contributed by atoms with Crippen LogP contribution in [-0.4, -0.2) is 23.7 Å². The van der Waals surface area contributed by atoms with E-state index in [2.05, 4.69) is 19.2 Å². The van der Waals surface area contributed by atoms with Crippen LogP contribution in [0.4, 0.5) is 11.4 Å². The molecule has 0 spiro atoms. The number of nitrogen functional groups attached to an aromatic ring is 1. The number of ether oxygens (including phenoxy) is 1. The number of esters is 1. The van der Waals surface area contributed by atoms with E-state index in [1.807, 2.05) is 0 Å². The predicted molar refractivity (Wildman–Crippen MR) is 84.2 cm³/mol. The average Bonchev–Trinajstić information content (AvgIpc) is 2.40. The molecular formula is C15H20N2O3S. The third-order valence-corrected chi connectivity index (χ3v) is 4.52. The summed E-state index contributed by atoms with van der Waals surface area (Å²) in [5.41, 5.74) is 7.22. The molecule has 5 nitrogen and oxygen atoms in total. The normalized spacial score (nSPS) is 17.3. The van der Waals surface area contributed by atoms with Crippen molar-refractivity contribution in [3.63, 3.8) is 0 Å². The van der Waals surface area contributed by atoms with Crippen molar-refractivity contribution in [3.05, 3.63) is 18.2 Å². The van der Waals surface area contributed by atoms with Gasteiger partial charge in [0.15, 0.2) is 0 Å². The zero-order valence-corrected chi connectivity index (χ0v) is 13.0. The Morgan fingerprint density at radius 2 is 2.24 bits per heavy atom. The minimum atomic E-state index is -0.492. The van der Waals surface area contributed by atoms with Crippen LogP contribution >= 0.6 is 11.8 Å². The van der Waals surface area contributed by atoms with Crippen LogP contribution in [0.3, 0.4) is 0 Å². The van der Waals surface area contributed by atoms with Gasteiger partial charge in [-0.25, -0.2) is 0 Å². The van der Waals surface area contributed by atoms with Gasteiger partial charge in [-0.15, -0.1) is 11.8 Å². The Balaban J connectivity index is 1.94. The van der Waals surface area contributed by atoms with E-state index in [-0.39, 0.29) is 18.3 Å². The molecule has 114 valence electrons. The second-order valence-electron chi connectivity index (χ2n) is 5.43. The van der Waals surface area contributed by atoms with E-state index < -0.39 is 5.25 Å². The van der Waals surface area contributed by atoms with E-state index in [0.29, 0.717) is 23.9 Å². The zero-order valence-electron chi connectivity index (χ0n) is 12.2. The second kappa shape index (κ2) is 6.85. The van der Waals surface area contributed by atoms with Crippen molar-refractivity contribution in [1.29, 1.82) is 0 Å². The van der Waals surface area contributed by atoms with E-state index in [9.17, 15) is 9.59 Å². The van der Waals surface area contributed by atoms with Gasteiger partial charge in [-0.3, -0.25) is 9.59 Å². The molecule has 1 heterocycles. The van der Waals surface area contributed by atoms with Gasteiger partial charge in [-0.05, 0) is 24.5 Å². The molecule has 2 rings (SSSR count). The number of hydrogen-bond acceptors (Lipinski definition) is 5. The zero-order chi connectivity index (χ0) is 15.4. The lowest BCUT2D eigenvalue weighted by molar-refractivity contribution is -0.144. The van der Waals surface area contributed by atoms with Crippen LogP contribution in [0, 0.1) is 5.92 Å². The molecular weight excluding hydrogens is 288 g/mol. The smallest absolute Gasteiger partial charge is 0.307 e. The Morgan fingerprint density at radius 1 is 1.48 bits per heavy atom. The maximum Gasteiger partial charge on any atom is 0.307 e. The van der Waals surface area contributed by atoms with Crippen molar-refractivity contribution in [1.82, 2.24) is 0 Å². The molecule has 6 heteroatoms. The Labute approximate surface area is 128 Å². The largest absolute Gasteiger partial charge is 0.466 e. The molecule has 1 atom stereocenters. The first-order valence-corrected chi connectivity index (χ1v) is 7.87. The molecule has 1 aromatic rings. The number of nitrogens with two attached hydrogens (primary N) is 1. The van der Waals surface area contributed by atoms with Crippen LogP contribution in [0.1, 0.15) is 26.7 Å². The summed E-state index contributed by atoms with van der Waals surface area (Å²) in [5.74, 6) is -0.0445. The molecule has 1 aliphatic rings. The summed E-state index contributed by atoms with van der Waals surface area (Å²) in [4.78, 5) is 24.6. The third-order valence-electron chi connectivity index (χ3n) is 3.17. The molecule has 0 saturated heterocycles. The second-order valence-corrected chi connectivity index (χ2v) is 6.64. The van der Waals surface area contributed by atoms with Crippen molar-refractivity contribution in [2.24, 2.45) is 5.92 Å². The standard InChI is InChI=1S/C15H20N2O3S/c1-9(2)6-7-20-13(18)8-12-15(19)17-11-5-3-4-10(16)14(11)21-12/h3-5,9,12H,6-8,16H2,1-2H3,(H,17,19). The molecule has 1 amide bonds. The summed E-state index contributed by atoms with van der Waals surface area (Å²) < 4.78 is 5.16. The molecule has 1 aliphatic heterocycles. The fourth-order valence-electron chi connectivity index (χ4n) is 1.95. The molecule has 0 aliphatic carbocycles. The van der Waals surface area contributed by atoms with Crippen molar-refractivity contribution < 1.29 is 14.3 Å². The van der Waals surface area contributed by atoms with Crippen molar-refractivity contribution in [3.8, 4) is 0 Å². The summed E-state index contributed by atoms with van der Waals surface area (Å²) in [6.45, 7) is 4.53. The fourth-order valence-corrected chi connectivity index (χ4v) is 3.07. The van der Waals surface area contributed by atoms with Gasteiger partial charge in [0.1, 0.15) is 0 Å². The number of rotatable bonds is 5.